The van der Waals surface area contributed by atoms with E-state index in [0.717, 1.165) is 5.56 Å². The minimum atomic E-state index is -2.68. The van der Waals surface area contributed by atoms with Gasteiger partial charge >= 0.3 is 6.00 Å². The third-order valence-corrected chi connectivity index (χ3v) is 6.15. The SMILES string of the molecule is CC(c1ccc(O)cc1)[Si](Cl)(Cl)Cl. The van der Waals surface area contributed by atoms with Crippen LogP contribution in [0.5, 0.6) is 5.75 Å². The van der Waals surface area contributed by atoms with Crippen LogP contribution < -0.4 is 0 Å². The Morgan fingerprint density at radius 1 is 1.15 bits per heavy atom. The third-order valence-electron chi connectivity index (χ3n) is 1.88. The summed E-state index contributed by atoms with van der Waals surface area (Å²) in [6.07, 6.45) is 0. The fourth-order valence-corrected chi connectivity index (χ4v) is 2.66. The van der Waals surface area contributed by atoms with E-state index in [2.05, 4.69) is 0 Å². The standard InChI is InChI=1S/C8H9Cl3OSi/c1-6(13(9,10)11)7-2-4-8(12)5-3-7/h2-6,12H,1H3. The fourth-order valence-electron chi connectivity index (χ4n) is 0.952. The van der Waals surface area contributed by atoms with E-state index < -0.39 is 6.00 Å². The van der Waals surface area contributed by atoms with Gasteiger partial charge in [0, 0.05) is 5.54 Å². The number of hydrogen-bond donors (Lipinski definition) is 1. The Balaban J connectivity index is 2.90. The van der Waals surface area contributed by atoms with Crippen molar-refractivity contribution < 1.29 is 5.11 Å². The van der Waals surface area contributed by atoms with Gasteiger partial charge in [-0.1, -0.05) is 19.1 Å². The number of phenols is 1. The average Bonchev–Trinajstić information content (AvgIpc) is 2.03. The Hall–Kier alpha value is 0.107. The largest absolute Gasteiger partial charge is 0.508 e. The van der Waals surface area contributed by atoms with Crippen LogP contribution >= 0.6 is 33.2 Å². The molecule has 0 aliphatic rings. The highest BCUT2D eigenvalue weighted by molar-refractivity contribution is 7.65. The highest BCUT2D eigenvalue weighted by atomic mass is 35.8. The van der Waals surface area contributed by atoms with E-state index in [0.29, 0.717) is 0 Å². The lowest BCUT2D eigenvalue weighted by molar-refractivity contribution is 0.475. The highest BCUT2D eigenvalue weighted by Crippen LogP contribution is 2.36. The van der Waals surface area contributed by atoms with E-state index in [4.69, 9.17) is 38.3 Å². The van der Waals surface area contributed by atoms with E-state index >= 15 is 0 Å². The van der Waals surface area contributed by atoms with Gasteiger partial charge in [-0.05, 0) is 17.7 Å². The lowest BCUT2D eigenvalue weighted by Crippen LogP contribution is -2.20. The summed E-state index contributed by atoms with van der Waals surface area (Å²) in [6, 6.07) is 4.05. The number of aromatic hydroxyl groups is 1. The van der Waals surface area contributed by atoms with Crippen LogP contribution in [0.4, 0.5) is 0 Å². The zero-order chi connectivity index (χ0) is 10.1. The first kappa shape index (κ1) is 11.2. The molecule has 1 rings (SSSR count). The Morgan fingerprint density at radius 3 is 2.00 bits per heavy atom. The molecule has 1 unspecified atom stereocenters. The van der Waals surface area contributed by atoms with E-state index in [1.807, 2.05) is 6.92 Å². The number of rotatable bonds is 2. The lowest BCUT2D eigenvalue weighted by atomic mass is 10.1. The number of phenolic OH excluding ortho intramolecular Hbond substituents is 1. The summed E-state index contributed by atoms with van der Waals surface area (Å²) in [7, 11) is 0. The maximum absolute atomic E-state index is 9.05. The molecule has 0 radical (unpaired) electrons. The molecular formula is C8H9Cl3OSi. The Bertz CT molecular complexity index is 280. The first-order chi connectivity index (χ1) is 5.91. The van der Waals surface area contributed by atoms with Crippen LogP contribution in [0, 0.1) is 0 Å². The van der Waals surface area contributed by atoms with Crippen molar-refractivity contribution in [3.63, 3.8) is 0 Å². The predicted molar refractivity (Wildman–Crippen MR) is 59.8 cm³/mol. The van der Waals surface area contributed by atoms with Gasteiger partial charge in [0.2, 0.25) is 0 Å². The average molecular weight is 256 g/mol. The third kappa shape index (κ3) is 3.06. The summed E-state index contributed by atoms with van der Waals surface area (Å²) in [5.41, 5.74) is 0.891. The quantitative estimate of drug-likeness (QED) is 0.631. The molecule has 0 aliphatic heterocycles. The minimum Gasteiger partial charge on any atom is -0.508 e. The number of benzene rings is 1. The van der Waals surface area contributed by atoms with Crippen molar-refractivity contribution in [2.45, 2.75) is 12.5 Å². The van der Waals surface area contributed by atoms with Crippen LogP contribution in [-0.2, 0) is 0 Å². The van der Waals surface area contributed by atoms with Gasteiger partial charge in [0.05, 0.1) is 0 Å². The van der Waals surface area contributed by atoms with Gasteiger partial charge in [0.25, 0.3) is 0 Å². The van der Waals surface area contributed by atoms with Gasteiger partial charge in [-0.3, -0.25) is 0 Å². The molecule has 5 heteroatoms. The van der Waals surface area contributed by atoms with Gasteiger partial charge < -0.3 is 5.11 Å². The van der Waals surface area contributed by atoms with Gasteiger partial charge in [-0.2, -0.15) is 0 Å². The normalized spacial score (nSPS) is 14.2. The van der Waals surface area contributed by atoms with Crippen molar-refractivity contribution in [1.82, 2.24) is 0 Å². The molecule has 0 fully saturated rings. The van der Waals surface area contributed by atoms with Crippen LogP contribution in [0.3, 0.4) is 0 Å². The number of halogens is 3. The zero-order valence-corrected chi connectivity index (χ0v) is 10.2. The lowest BCUT2D eigenvalue weighted by Gasteiger charge is -2.17. The molecule has 0 heterocycles. The summed E-state index contributed by atoms with van der Waals surface area (Å²) in [6.45, 7) is 1.88. The second-order valence-electron chi connectivity index (χ2n) is 2.85. The number of hydrogen-bond acceptors (Lipinski definition) is 1. The molecule has 1 atom stereocenters. The summed E-state index contributed by atoms with van der Waals surface area (Å²) >= 11 is 17.6. The molecule has 0 aliphatic carbocycles. The smallest absolute Gasteiger partial charge is 0.348 e. The van der Waals surface area contributed by atoms with Crippen LogP contribution in [-0.4, -0.2) is 11.1 Å². The maximum atomic E-state index is 9.05. The molecule has 1 aromatic carbocycles. The zero-order valence-electron chi connectivity index (χ0n) is 6.97. The van der Waals surface area contributed by atoms with Crippen molar-refractivity contribution >= 4 is 39.2 Å². The Kier molecular flexibility index (Phi) is 3.52. The molecule has 0 bridgehead atoms. The van der Waals surface area contributed by atoms with Crippen LogP contribution in [0.25, 0.3) is 0 Å². The molecule has 0 saturated carbocycles. The summed E-state index contributed by atoms with van der Waals surface area (Å²) < 4.78 is 0. The Labute approximate surface area is 92.4 Å². The fraction of sp³-hybridized carbons (Fsp3) is 0.250. The van der Waals surface area contributed by atoms with Crippen LogP contribution in [0.1, 0.15) is 18.0 Å². The van der Waals surface area contributed by atoms with Gasteiger partial charge in [0.15, 0.2) is 0 Å². The molecule has 0 aromatic heterocycles. The minimum absolute atomic E-state index is 0.0573. The topological polar surface area (TPSA) is 20.2 Å². The van der Waals surface area contributed by atoms with E-state index in [-0.39, 0.29) is 11.3 Å². The molecule has 1 N–H and O–H groups in total. The van der Waals surface area contributed by atoms with Crippen molar-refractivity contribution in [3.8, 4) is 5.75 Å². The maximum Gasteiger partial charge on any atom is 0.348 e. The molecule has 1 nitrogen and oxygen atoms in total. The predicted octanol–water partition coefficient (Wildman–Crippen LogP) is 3.69. The van der Waals surface area contributed by atoms with Crippen molar-refractivity contribution in [2.24, 2.45) is 0 Å². The molecule has 72 valence electrons. The van der Waals surface area contributed by atoms with Crippen LogP contribution in [0.15, 0.2) is 24.3 Å². The monoisotopic (exact) mass is 254 g/mol. The molecule has 0 amide bonds. The van der Waals surface area contributed by atoms with Crippen molar-refractivity contribution in [2.75, 3.05) is 0 Å². The first-order valence-electron chi connectivity index (χ1n) is 3.77. The van der Waals surface area contributed by atoms with E-state index in [9.17, 15) is 0 Å². The van der Waals surface area contributed by atoms with Crippen LogP contribution in [0.2, 0.25) is 0 Å². The molecular weight excluding hydrogens is 247 g/mol. The van der Waals surface area contributed by atoms with Crippen molar-refractivity contribution in [3.05, 3.63) is 29.8 Å². The van der Waals surface area contributed by atoms with Gasteiger partial charge in [0.1, 0.15) is 5.75 Å². The summed E-state index contributed by atoms with van der Waals surface area (Å²) in [4.78, 5) is 0. The van der Waals surface area contributed by atoms with E-state index in [1.54, 1.807) is 24.3 Å². The first-order valence-corrected chi connectivity index (χ1v) is 8.88. The molecule has 13 heavy (non-hydrogen) atoms. The second-order valence-corrected chi connectivity index (χ2v) is 11.9. The molecule has 0 saturated heterocycles. The van der Waals surface area contributed by atoms with Gasteiger partial charge in [-0.15, -0.1) is 33.2 Å². The summed E-state index contributed by atoms with van der Waals surface area (Å²) in [5.74, 6) is 0.224. The molecule has 0 spiro atoms. The molecule has 1 aromatic rings. The van der Waals surface area contributed by atoms with E-state index in [1.165, 1.54) is 0 Å². The van der Waals surface area contributed by atoms with Crippen molar-refractivity contribution in [1.29, 1.82) is 0 Å². The summed E-state index contributed by atoms with van der Waals surface area (Å²) in [5, 5.41) is 9.05. The highest BCUT2D eigenvalue weighted by Gasteiger charge is 2.34. The van der Waals surface area contributed by atoms with Gasteiger partial charge in [-0.25, -0.2) is 0 Å². The Morgan fingerprint density at radius 2 is 1.62 bits per heavy atom. The second kappa shape index (κ2) is 4.09.